The number of phenolic OH excluding ortho intramolecular Hbond substituents is 2. The van der Waals surface area contributed by atoms with Crippen LogP contribution < -0.4 is 44.6 Å². The molecule has 0 aliphatic heterocycles. The van der Waals surface area contributed by atoms with Crippen LogP contribution in [0.3, 0.4) is 0 Å². The van der Waals surface area contributed by atoms with Crippen LogP contribution in [0.2, 0.25) is 0 Å². The van der Waals surface area contributed by atoms with E-state index in [-0.39, 0.29) is 27.7 Å². The van der Waals surface area contributed by atoms with Gasteiger partial charge in [0.05, 0.1) is 0 Å². The predicted octanol–water partition coefficient (Wildman–Crippen LogP) is 24.1. The number of aromatic hydroxyl groups is 2. The number of benzene rings is 16. The summed E-state index contributed by atoms with van der Waals surface area (Å²) in [5, 5.41) is 24.7. The Bertz CT molecular complexity index is 5710. The lowest BCUT2D eigenvalue weighted by Crippen LogP contribution is -2.27. The van der Waals surface area contributed by atoms with Crippen molar-refractivity contribution in [2.75, 3.05) is 60.4 Å². The summed E-state index contributed by atoms with van der Waals surface area (Å²) in [6.07, 6.45) is 0. The molecule has 0 amide bonds. The van der Waals surface area contributed by atoms with E-state index in [1.165, 1.54) is 118 Å². The number of hydrogen-bond donors (Lipinski definition) is 9. The summed E-state index contributed by atoms with van der Waals surface area (Å²) in [4.78, 5) is 2.14. The van der Waals surface area contributed by atoms with Gasteiger partial charge in [0.2, 0.25) is 0 Å². The molecular formula is C110H108N8O2. The molecule has 0 fully saturated rings. The molecule has 0 aromatic heterocycles. The Kier molecular flexibility index (Phi) is 25.7. The molecule has 0 spiro atoms. The van der Waals surface area contributed by atoms with Crippen LogP contribution in [0.15, 0.2) is 388 Å². The second-order valence-electron chi connectivity index (χ2n) is 31.9. The number of hydrogen-bond acceptors (Lipinski definition) is 10. The molecule has 600 valence electrons. The minimum absolute atomic E-state index is 0.0702. The van der Waals surface area contributed by atoms with Gasteiger partial charge in [-0.25, -0.2) is 0 Å². The van der Waals surface area contributed by atoms with Crippen LogP contribution in [0.25, 0.3) is 44.5 Å². The topological polar surface area (TPSA) is 212 Å². The normalized spacial score (nSPS) is 11.8. The Morgan fingerprint density at radius 2 is 0.467 bits per heavy atom. The summed E-state index contributed by atoms with van der Waals surface area (Å²) >= 11 is 0. The maximum absolute atomic E-state index is 10.7. The molecule has 0 saturated carbocycles. The maximum atomic E-state index is 10.7. The average molecular weight is 1570 g/mol. The molecule has 10 heteroatoms. The highest BCUT2D eigenvalue weighted by Crippen LogP contribution is 2.49. The highest BCUT2D eigenvalue weighted by atomic mass is 16.3. The van der Waals surface area contributed by atoms with Gasteiger partial charge >= 0.3 is 0 Å². The largest absolute Gasteiger partial charge is 0.508 e. The Morgan fingerprint density at radius 1 is 0.250 bits per heavy atom. The van der Waals surface area contributed by atoms with Crippen LogP contribution in [0, 0.1) is 13.8 Å². The first-order valence-corrected chi connectivity index (χ1v) is 40.7. The molecule has 15 N–H and O–H groups in total. The van der Waals surface area contributed by atoms with Gasteiger partial charge in [0, 0.05) is 105 Å². The molecule has 0 aliphatic rings. The minimum Gasteiger partial charge on any atom is -0.508 e. The van der Waals surface area contributed by atoms with Crippen molar-refractivity contribution in [1.29, 1.82) is 0 Å². The van der Waals surface area contributed by atoms with Crippen LogP contribution in [-0.4, -0.2) is 31.4 Å². The van der Waals surface area contributed by atoms with Crippen molar-refractivity contribution in [3.05, 3.63) is 472 Å². The van der Waals surface area contributed by atoms with Gasteiger partial charge in [-0.15, -0.1) is 0 Å². The number of rotatable bonds is 19. The Balaban J connectivity index is 0.000000138. The van der Waals surface area contributed by atoms with E-state index in [1.807, 2.05) is 105 Å². The van der Waals surface area contributed by atoms with Gasteiger partial charge in [-0.1, -0.05) is 303 Å². The van der Waals surface area contributed by atoms with E-state index in [0.717, 1.165) is 46.0 Å². The van der Waals surface area contributed by atoms with E-state index in [2.05, 4.69) is 320 Å². The molecule has 16 rings (SSSR count). The summed E-state index contributed by atoms with van der Waals surface area (Å²) in [5.41, 5.74) is 65.9. The molecule has 16 aromatic rings. The van der Waals surface area contributed by atoms with Gasteiger partial charge in [0.15, 0.2) is 0 Å². The Hall–Kier alpha value is -14.3. The van der Waals surface area contributed by atoms with Crippen molar-refractivity contribution >= 4 is 39.8 Å². The van der Waals surface area contributed by atoms with Crippen molar-refractivity contribution in [3.63, 3.8) is 0 Å². The zero-order chi connectivity index (χ0) is 84.7. The molecule has 1 unspecified atom stereocenters. The second-order valence-corrected chi connectivity index (χ2v) is 31.9. The van der Waals surface area contributed by atoms with Crippen LogP contribution >= 0.6 is 0 Å². The smallest absolute Gasteiger partial charge is 0.122 e. The first kappa shape index (κ1) is 83.6. The fourth-order valence-electron chi connectivity index (χ4n) is 16.7. The molecule has 0 radical (unpaired) electrons. The predicted molar refractivity (Wildman–Crippen MR) is 508 cm³/mol. The SMILES string of the molecule is CC(c1ccc(-c2ccccc2)cc1)(c1ccc(N)cc1O)c1ccc(N)cc1O.CC(c1ccc(N)cc1)(c1ccc(N)cc1)c1ccc(-c2ccccc2)cc1.CNCc1ccc(C(C)(c2ccc(-c3ccccc3)cc2)c2ccc(N(C)C)cc2)cc1.Cc1cc(N)ccc1C(C)(c1ccc(-c2ccccc2)cc1)c1ccc(N)cc1C. The lowest BCUT2D eigenvalue weighted by molar-refractivity contribution is 0.442. The summed E-state index contributed by atoms with van der Waals surface area (Å²) in [7, 11) is 6.15. The molecule has 120 heavy (non-hydrogen) atoms. The number of nitrogen functional groups attached to an aromatic ring is 6. The number of anilines is 7. The van der Waals surface area contributed by atoms with Gasteiger partial charge < -0.3 is 54.8 Å². The third-order valence-corrected chi connectivity index (χ3v) is 23.8. The van der Waals surface area contributed by atoms with Crippen LogP contribution in [0.5, 0.6) is 11.5 Å². The van der Waals surface area contributed by atoms with Gasteiger partial charge in [0.1, 0.15) is 11.5 Å². The number of nitrogens with two attached hydrogens (primary N) is 6. The number of nitrogens with zero attached hydrogens (tertiary/aromatic N) is 1. The van der Waals surface area contributed by atoms with E-state index < -0.39 is 5.41 Å². The van der Waals surface area contributed by atoms with Gasteiger partial charge in [-0.2, -0.15) is 0 Å². The number of aryl methyl sites for hydroxylation is 2. The molecule has 1 atom stereocenters. The number of nitrogens with one attached hydrogen (secondary N) is 1. The fourth-order valence-corrected chi connectivity index (χ4v) is 16.7. The quantitative estimate of drug-likeness (QED) is 0.0276. The lowest BCUT2D eigenvalue weighted by atomic mass is 9.68. The van der Waals surface area contributed by atoms with Crippen LogP contribution in [-0.2, 0) is 28.2 Å². The highest BCUT2D eigenvalue weighted by Gasteiger charge is 2.38. The van der Waals surface area contributed by atoms with Crippen molar-refractivity contribution in [3.8, 4) is 56.0 Å². The van der Waals surface area contributed by atoms with Crippen molar-refractivity contribution in [2.24, 2.45) is 0 Å². The first-order chi connectivity index (χ1) is 57.9. The van der Waals surface area contributed by atoms with E-state index in [1.54, 1.807) is 24.3 Å². The first-order valence-electron chi connectivity index (χ1n) is 40.7. The van der Waals surface area contributed by atoms with E-state index in [9.17, 15) is 10.2 Å². The van der Waals surface area contributed by atoms with Crippen molar-refractivity contribution < 1.29 is 10.2 Å². The maximum Gasteiger partial charge on any atom is 0.122 e. The zero-order valence-electron chi connectivity index (χ0n) is 70.0. The number of phenols is 2. The van der Waals surface area contributed by atoms with Gasteiger partial charge in [-0.05, 0) is 238 Å². The van der Waals surface area contributed by atoms with Crippen LogP contribution in [0.1, 0.15) is 111 Å². The van der Waals surface area contributed by atoms with Crippen molar-refractivity contribution in [1.82, 2.24) is 5.32 Å². The highest BCUT2D eigenvalue weighted by molar-refractivity contribution is 5.72. The summed E-state index contributed by atoms with van der Waals surface area (Å²) in [6.45, 7) is 14.0. The summed E-state index contributed by atoms with van der Waals surface area (Å²) in [5.74, 6) is 0.140. The molecule has 16 aromatic carbocycles. The molecule has 0 saturated heterocycles. The third-order valence-electron chi connectivity index (χ3n) is 23.8. The lowest BCUT2D eigenvalue weighted by Gasteiger charge is -2.35. The fraction of sp³-hybridized carbons (Fsp3) is 0.127. The Labute approximate surface area is 708 Å². The van der Waals surface area contributed by atoms with Gasteiger partial charge in [0.25, 0.3) is 0 Å². The third kappa shape index (κ3) is 18.3. The van der Waals surface area contributed by atoms with Crippen molar-refractivity contribution in [2.45, 2.75) is 69.7 Å². The van der Waals surface area contributed by atoms with E-state index in [0.29, 0.717) is 22.5 Å². The Morgan fingerprint density at radius 3 is 0.725 bits per heavy atom. The summed E-state index contributed by atoms with van der Waals surface area (Å²) < 4.78 is 0. The minimum atomic E-state index is -0.829. The standard InChI is InChI=1S/C30H32N2.C28H28N2.C26H24N2O2.C26H24N2/c1-30(26-14-10-23(11-15-26)22-31-2,28-18-20-29(21-19-28)32(3)4)27-16-12-25(13-17-27)24-8-6-5-7-9-24;1-19-17-24(29)13-15-26(19)28(3,27-16-14-25(30)18-20(27)2)23-11-9-22(10-12-23)21-7-5-4-6-8-21;1-26(22-13-11-20(27)15-24(22)29,23-14-12-21(28)16-25(23)30)19-9-7-18(8-10-19)17-5-3-2-4-6-17;1-26(22-11-15-24(27)16-12-22,23-13-17-25(28)18-14-23)21-9-7-20(8-10-21)19-5-3-2-4-6-19/h5-21,31H,22H2,1-4H3;4-18H,29-30H2,1-3H3;2-16,29-30H,27-28H2,1H3;2-18H,27-28H2,1H3. The molecule has 0 aliphatic carbocycles. The molecule has 0 bridgehead atoms. The van der Waals surface area contributed by atoms with E-state index >= 15 is 0 Å². The van der Waals surface area contributed by atoms with E-state index in [4.69, 9.17) is 34.4 Å². The second kappa shape index (κ2) is 36.9. The zero-order valence-corrected chi connectivity index (χ0v) is 70.0. The molecule has 10 nitrogen and oxygen atoms in total. The summed E-state index contributed by atoms with van der Waals surface area (Å²) in [6, 6.07) is 133. The molecular weight excluding hydrogens is 1470 g/mol. The monoisotopic (exact) mass is 1570 g/mol. The average Bonchev–Trinajstić information content (AvgIpc) is 0.828. The molecule has 0 heterocycles. The van der Waals surface area contributed by atoms with Gasteiger partial charge in [-0.3, -0.25) is 0 Å². The van der Waals surface area contributed by atoms with Crippen LogP contribution in [0.4, 0.5) is 39.8 Å².